The summed E-state index contributed by atoms with van der Waals surface area (Å²) in [4.78, 5) is 41.0. The van der Waals surface area contributed by atoms with E-state index in [1.807, 2.05) is 49.1 Å². The molecule has 164 valence electrons. The minimum absolute atomic E-state index is 0.101. The van der Waals surface area contributed by atoms with Gasteiger partial charge in [-0.25, -0.2) is 9.78 Å². The number of cyclic esters (lactones) is 1. The Labute approximate surface area is 185 Å². The van der Waals surface area contributed by atoms with Crippen molar-refractivity contribution < 1.29 is 19.4 Å². The first-order chi connectivity index (χ1) is 15.1. The number of aliphatic hydroxyl groups is 1. The average molecular weight is 449 g/mol. The number of fused-ring (bicyclic) bond motifs is 5. The summed E-state index contributed by atoms with van der Waals surface area (Å²) >= 11 is 0. The molecule has 2 aliphatic rings. The Kier molecular flexibility index (Phi) is 4.53. The van der Waals surface area contributed by atoms with Crippen molar-refractivity contribution >= 4 is 31.3 Å². The van der Waals surface area contributed by atoms with Crippen LogP contribution in [0.3, 0.4) is 0 Å². The van der Waals surface area contributed by atoms with Gasteiger partial charge in [-0.2, -0.15) is 0 Å². The van der Waals surface area contributed by atoms with E-state index in [1.54, 1.807) is 17.6 Å². The monoisotopic (exact) mass is 448 g/mol. The van der Waals surface area contributed by atoms with Gasteiger partial charge in [0.25, 0.3) is 5.56 Å². The number of ether oxygens (including phenoxy) is 1. The van der Waals surface area contributed by atoms with Gasteiger partial charge in [0, 0.05) is 16.5 Å². The van der Waals surface area contributed by atoms with E-state index in [9.17, 15) is 19.5 Å². The summed E-state index contributed by atoms with van der Waals surface area (Å²) in [7, 11) is -2.46. The molecule has 0 radical (unpaired) electrons. The Bertz CT molecular complexity index is 1390. The molecule has 3 aromatic rings. The summed E-state index contributed by atoms with van der Waals surface area (Å²) in [6.07, 6.45) is 2.03. The van der Waals surface area contributed by atoms with Crippen LogP contribution in [0.2, 0.25) is 13.1 Å². The van der Waals surface area contributed by atoms with Crippen LogP contribution >= 0.6 is 0 Å². The summed E-state index contributed by atoms with van der Waals surface area (Å²) in [5.74, 6) is -0.736. The lowest BCUT2D eigenvalue weighted by molar-refractivity contribution is -0.172. The maximum atomic E-state index is 13.4. The lowest BCUT2D eigenvalue weighted by Crippen LogP contribution is -2.44. The van der Waals surface area contributed by atoms with Crippen molar-refractivity contribution in [3.8, 4) is 11.4 Å². The van der Waals surface area contributed by atoms with Crippen LogP contribution in [0.4, 0.5) is 0 Å². The molecule has 0 unspecified atom stereocenters. The second-order valence-corrected chi connectivity index (χ2v) is 12.6. The fourth-order valence-electron chi connectivity index (χ4n) is 4.54. The molecule has 0 amide bonds. The number of para-hydroxylation sites is 1. The first kappa shape index (κ1) is 20.8. The van der Waals surface area contributed by atoms with Crippen LogP contribution < -0.4 is 5.56 Å². The first-order valence-corrected chi connectivity index (χ1v) is 13.7. The molecular formula is C24H24N2O5Si. The molecule has 0 bridgehead atoms. The first-order valence-electron chi connectivity index (χ1n) is 10.6. The minimum Gasteiger partial charge on any atom is -0.458 e. The number of carbonyl (C=O) groups excluding carboxylic acids is 1. The van der Waals surface area contributed by atoms with Crippen LogP contribution in [0.25, 0.3) is 28.4 Å². The van der Waals surface area contributed by atoms with Gasteiger partial charge in [-0.05, 0) is 37.2 Å². The number of pyridine rings is 2. The second kappa shape index (κ2) is 6.96. The van der Waals surface area contributed by atoms with Gasteiger partial charge in [0.2, 0.25) is 8.32 Å². The molecular weight excluding hydrogens is 424 g/mol. The minimum atomic E-state index is -2.46. The van der Waals surface area contributed by atoms with Crippen molar-refractivity contribution in [1.29, 1.82) is 0 Å². The standard InChI is InChI=1S/C24H24N2O5Si/c1-4-24(29)18-11-20-21-16(12-26(20)22(27)17(18)13-31-23(24)28)14(9-10-32(2,3)30)15-7-5-6-8-19(15)25-21/h5-11,29-30H,4,12-13H2,1-3H3/t24-/m0/s1. The van der Waals surface area contributed by atoms with Crippen molar-refractivity contribution in [2.24, 2.45) is 0 Å². The van der Waals surface area contributed by atoms with E-state index >= 15 is 0 Å². The zero-order chi connectivity index (χ0) is 22.8. The predicted molar refractivity (Wildman–Crippen MR) is 123 cm³/mol. The van der Waals surface area contributed by atoms with Gasteiger partial charge in [0.1, 0.15) is 6.61 Å². The van der Waals surface area contributed by atoms with Crippen molar-refractivity contribution in [2.45, 2.75) is 45.2 Å². The quantitative estimate of drug-likeness (QED) is 0.369. The van der Waals surface area contributed by atoms with Gasteiger partial charge in [-0.3, -0.25) is 4.79 Å². The third kappa shape index (κ3) is 2.98. The normalized spacial score (nSPS) is 19.7. The van der Waals surface area contributed by atoms with Crippen LogP contribution in [0.5, 0.6) is 0 Å². The fourth-order valence-corrected chi connectivity index (χ4v) is 5.11. The average Bonchev–Trinajstić information content (AvgIpc) is 3.12. The Morgan fingerprint density at radius 3 is 2.72 bits per heavy atom. The van der Waals surface area contributed by atoms with E-state index in [2.05, 4.69) is 0 Å². The molecule has 2 aromatic heterocycles. The van der Waals surface area contributed by atoms with Gasteiger partial charge >= 0.3 is 5.97 Å². The maximum absolute atomic E-state index is 13.4. The van der Waals surface area contributed by atoms with E-state index in [-0.39, 0.29) is 18.6 Å². The highest BCUT2D eigenvalue weighted by atomic mass is 28.4. The third-order valence-corrected chi connectivity index (χ3v) is 7.28. The highest BCUT2D eigenvalue weighted by Gasteiger charge is 2.45. The molecule has 8 heteroatoms. The number of hydrogen-bond donors (Lipinski definition) is 2. The molecule has 1 aromatic carbocycles. The number of hydrogen-bond acceptors (Lipinski definition) is 6. The fraction of sp³-hybridized carbons (Fsp3) is 0.292. The Morgan fingerprint density at radius 1 is 1.25 bits per heavy atom. The van der Waals surface area contributed by atoms with Gasteiger partial charge in [-0.15, -0.1) is 0 Å². The van der Waals surface area contributed by atoms with E-state index in [1.165, 1.54) is 0 Å². The molecule has 2 aliphatic heterocycles. The van der Waals surface area contributed by atoms with Gasteiger partial charge in [0.15, 0.2) is 5.60 Å². The Morgan fingerprint density at radius 2 is 2.00 bits per heavy atom. The van der Waals surface area contributed by atoms with E-state index in [4.69, 9.17) is 9.72 Å². The lowest BCUT2D eigenvalue weighted by Gasteiger charge is -2.31. The van der Waals surface area contributed by atoms with Crippen molar-refractivity contribution in [3.05, 3.63) is 68.6 Å². The van der Waals surface area contributed by atoms with E-state index < -0.39 is 19.9 Å². The van der Waals surface area contributed by atoms with Crippen LogP contribution in [-0.2, 0) is 28.3 Å². The highest BCUT2D eigenvalue weighted by molar-refractivity contribution is 6.75. The van der Waals surface area contributed by atoms with Gasteiger partial charge in [0.05, 0.1) is 29.0 Å². The molecule has 0 saturated carbocycles. The van der Waals surface area contributed by atoms with Gasteiger partial charge < -0.3 is 19.2 Å². The summed E-state index contributed by atoms with van der Waals surface area (Å²) < 4.78 is 6.77. The molecule has 7 nitrogen and oxygen atoms in total. The highest BCUT2D eigenvalue weighted by Crippen LogP contribution is 2.40. The molecule has 0 saturated heterocycles. The molecule has 5 rings (SSSR count). The third-order valence-electron chi connectivity index (χ3n) is 6.30. The number of carbonyl (C=O) groups is 1. The predicted octanol–water partition coefficient (Wildman–Crippen LogP) is 2.83. The SMILES string of the molecule is CC[C@@]1(O)C(=O)OCc2c1cc1n(c2=O)Cc2c-1nc1ccccc1c2C=C[Si](C)(C)O. The zero-order valence-electron chi connectivity index (χ0n) is 18.2. The number of esters is 1. The van der Waals surface area contributed by atoms with Gasteiger partial charge in [-0.1, -0.05) is 36.9 Å². The number of rotatable bonds is 3. The lowest BCUT2D eigenvalue weighted by atomic mass is 9.86. The molecule has 1 atom stereocenters. The second-order valence-electron chi connectivity index (χ2n) is 8.96. The summed E-state index contributed by atoms with van der Waals surface area (Å²) in [6, 6.07) is 9.44. The topological polar surface area (TPSA) is 102 Å². The summed E-state index contributed by atoms with van der Waals surface area (Å²) in [6.45, 7) is 5.52. The van der Waals surface area contributed by atoms with Crippen molar-refractivity contribution in [3.63, 3.8) is 0 Å². The zero-order valence-corrected chi connectivity index (χ0v) is 19.2. The molecule has 0 fully saturated rings. The number of benzene rings is 1. The summed E-state index contributed by atoms with van der Waals surface area (Å²) in [5.41, 5.74) is 4.12. The maximum Gasteiger partial charge on any atom is 0.343 e. The molecule has 32 heavy (non-hydrogen) atoms. The largest absolute Gasteiger partial charge is 0.458 e. The smallest absolute Gasteiger partial charge is 0.343 e. The van der Waals surface area contributed by atoms with Crippen molar-refractivity contribution in [2.75, 3.05) is 0 Å². The van der Waals surface area contributed by atoms with Crippen LogP contribution in [0.15, 0.2) is 40.8 Å². The van der Waals surface area contributed by atoms with E-state index in [0.717, 1.165) is 22.0 Å². The molecule has 0 spiro atoms. The van der Waals surface area contributed by atoms with Crippen molar-refractivity contribution in [1.82, 2.24) is 9.55 Å². The molecule has 2 N–H and O–H groups in total. The van der Waals surface area contributed by atoms with Crippen LogP contribution in [0.1, 0.15) is 35.6 Å². The van der Waals surface area contributed by atoms with E-state index in [0.29, 0.717) is 29.1 Å². The van der Waals surface area contributed by atoms with Crippen LogP contribution in [0, 0.1) is 0 Å². The number of nitrogens with zero attached hydrogens (tertiary/aromatic N) is 2. The number of aromatic nitrogens is 2. The molecule has 0 aliphatic carbocycles. The Balaban J connectivity index is 1.81. The Hall–Kier alpha value is -3.07. The molecule has 4 heterocycles. The van der Waals surface area contributed by atoms with Crippen LogP contribution in [-0.4, -0.2) is 33.7 Å². The summed E-state index contributed by atoms with van der Waals surface area (Å²) in [5, 5.41) is 12.0.